The zero-order valence-corrected chi connectivity index (χ0v) is 9.68. The fraction of sp³-hybridized carbons (Fsp3) is 0.444. The van der Waals surface area contributed by atoms with Crippen molar-refractivity contribution in [3.05, 3.63) is 11.3 Å². The van der Waals surface area contributed by atoms with Crippen LogP contribution in [0.2, 0.25) is 0 Å². The molecule has 6 heteroatoms. The second-order valence-electron chi connectivity index (χ2n) is 2.79. The number of aromatic nitrogens is 2. The standard InChI is InChI=1S/C9H13N3O2S/c1-4-5-6(8(13)14)7(10-2)12-9(11-5)15-3/h4H2,1-3H3,(H,13,14)(H,10,11,12). The van der Waals surface area contributed by atoms with Crippen molar-refractivity contribution in [2.24, 2.45) is 0 Å². The minimum atomic E-state index is -0.996. The molecule has 0 aliphatic heterocycles. The van der Waals surface area contributed by atoms with Gasteiger partial charge in [-0.15, -0.1) is 0 Å². The summed E-state index contributed by atoms with van der Waals surface area (Å²) in [5.74, 6) is -0.623. The van der Waals surface area contributed by atoms with Crippen LogP contribution in [0.25, 0.3) is 0 Å². The minimum Gasteiger partial charge on any atom is -0.477 e. The zero-order valence-electron chi connectivity index (χ0n) is 8.87. The van der Waals surface area contributed by atoms with Crippen LogP contribution in [0.1, 0.15) is 23.0 Å². The van der Waals surface area contributed by atoms with E-state index in [1.54, 1.807) is 7.05 Å². The van der Waals surface area contributed by atoms with Gasteiger partial charge in [0.05, 0.1) is 5.69 Å². The van der Waals surface area contributed by atoms with Gasteiger partial charge in [-0.25, -0.2) is 14.8 Å². The van der Waals surface area contributed by atoms with Gasteiger partial charge in [0.1, 0.15) is 11.4 Å². The summed E-state index contributed by atoms with van der Waals surface area (Å²) in [6, 6.07) is 0. The number of aryl methyl sites for hydroxylation is 1. The van der Waals surface area contributed by atoms with Crippen molar-refractivity contribution in [3.8, 4) is 0 Å². The van der Waals surface area contributed by atoms with Crippen LogP contribution in [0.15, 0.2) is 5.16 Å². The lowest BCUT2D eigenvalue weighted by atomic mass is 10.2. The quantitative estimate of drug-likeness (QED) is 0.599. The Morgan fingerprint density at radius 1 is 1.53 bits per heavy atom. The highest BCUT2D eigenvalue weighted by atomic mass is 32.2. The number of hydrogen-bond donors (Lipinski definition) is 2. The van der Waals surface area contributed by atoms with E-state index < -0.39 is 5.97 Å². The number of carbonyl (C=O) groups is 1. The molecule has 0 amide bonds. The Bertz CT molecular complexity index is 357. The number of anilines is 1. The Kier molecular flexibility index (Phi) is 3.90. The molecule has 0 saturated heterocycles. The van der Waals surface area contributed by atoms with Crippen LogP contribution in [-0.2, 0) is 6.42 Å². The normalized spacial score (nSPS) is 10.1. The highest BCUT2D eigenvalue weighted by Gasteiger charge is 2.18. The molecule has 0 aliphatic carbocycles. The van der Waals surface area contributed by atoms with E-state index in [1.165, 1.54) is 11.8 Å². The van der Waals surface area contributed by atoms with Crippen molar-refractivity contribution < 1.29 is 9.90 Å². The number of rotatable bonds is 4. The molecule has 1 heterocycles. The van der Waals surface area contributed by atoms with Crippen LogP contribution < -0.4 is 5.32 Å². The summed E-state index contributed by atoms with van der Waals surface area (Å²) < 4.78 is 0. The molecule has 0 spiro atoms. The Hall–Kier alpha value is -1.30. The first-order valence-corrected chi connectivity index (χ1v) is 5.72. The zero-order chi connectivity index (χ0) is 11.4. The van der Waals surface area contributed by atoms with Gasteiger partial charge in [-0.05, 0) is 12.7 Å². The molecule has 15 heavy (non-hydrogen) atoms. The van der Waals surface area contributed by atoms with E-state index in [-0.39, 0.29) is 5.56 Å². The number of carboxylic acids is 1. The van der Waals surface area contributed by atoms with Crippen LogP contribution in [0.5, 0.6) is 0 Å². The molecular weight excluding hydrogens is 214 g/mol. The van der Waals surface area contributed by atoms with E-state index in [1.807, 2.05) is 13.2 Å². The molecule has 1 aromatic rings. The molecular formula is C9H13N3O2S. The van der Waals surface area contributed by atoms with E-state index >= 15 is 0 Å². The second-order valence-corrected chi connectivity index (χ2v) is 3.56. The maximum absolute atomic E-state index is 11.0. The van der Waals surface area contributed by atoms with Gasteiger partial charge in [-0.2, -0.15) is 0 Å². The van der Waals surface area contributed by atoms with Crippen molar-refractivity contribution in [2.75, 3.05) is 18.6 Å². The predicted molar refractivity (Wildman–Crippen MR) is 59.7 cm³/mol. The maximum atomic E-state index is 11.0. The van der Waals surface area contributed by atoms with E-state index in [0.717, 1.165) is 0 Å². The summed E-state index contributed by atoms with van der Waals surface area (Å²) in [5, 5.41) is 12.4. The van der Waals surface area contributed by atoms with Crippen molar-refractivity contribution >= 4 is 23.5 Å². The molecule has 0 bridgehead atoms. The molecule has 1 rings (SSSR count). The Morgan fingerprint density at radius 3 is 2.60 bits per heavy atom. The summed E-state index contributed by atoms with van der Waals surface area (Å²) in [5.41, 5.74) is 0.726. The lowest BCUT2D eigenvalue weighted by molar-refractivity contribution is 0.0695. The molecule has 5 nitrogen and oxygen atoms in total. The van der Waals surface area contributed by atoms with Crippen molar-refractivity contribution in [1.29, 1.82) is 0 Å². The number of nitrogens with zero attached hydrogens (tertiary/aromatic N) is 2. The van der Waals surface area contributed by atoms with Gasteiger partial charge in [0.25, 0.3) is 0 Å². The van der Waals surface area contributed by atoms with E-state index in [0.29, 0.717) is 23.1 Å². The average Bonchev–Trinajstić information content (AvgIpc) is 2.26. The van der Waals surface area contributed by atoms with E-state index in [2.05, 4.69) is 15.3 Å². The third-order valence-electron chi connectivity index (χ3n) is 1.93. The fourth-order valence-electron chi connectivity index (χ4n) is 1.24. The Labute approximate surface area is 92.3 Å². The summed E-state index contributed by atoms with van der Waals surface area (Å²) >= 11 is 1.39. The summed E-state index contributed by atoms with van der Waals surface area (Å²) in [7, 11) is 1.65. The van der Waals surface area contributed by atoms with Gasteiger partial charge in [0, 0.05) is 7.05 Å². The first kappa shape index (κ1) is 11.8. The minimum absolute atomic E-state index is 0.165. The number of aromatic carboxylic acids is 1. The number of nitrogens with one attached hydrogen (secondary N) is 1. The number of hydrogen-bond acceptors (Lipinski definition) is 5. The molecule has 0 aromatic carbocycles. The van der Waals surface area contributed by atoms with Crippen LogP contribution >= 0.6 is 11.8 Å². The predicted octanol–water partition coefficient (Wildman–Crippen LogP) is 1.50. The largest absolute Gasteiger partial charge is 0.477 e. The molecule has 0 radical (unpaired) electrons. The van der Waals surface area contributed by atoms with Gasteiger partial charge in [0.15, 0.2) is 5.16 Å². The molecule has 1 aromatic heterocycles. The van der Waals surface area contributed by atoms with Gasteiger partial charge < -0.3 is 10.4 Å². The first-order valence-electron chi connectivity index (χ1n) is 4.50. The SMILES string of the molecule is CCc1nc(SC)nc(NC)c1C(=O)O. The van der Waals surface area contributed by atoms with Crippen LogP contribution in [0.3, 0.4) is 0 Å². The second kappa shape index (κ2) is 4.97. The Morgan fingerprint density at radius 2 is 2.20 bits per heavy atom. The molecule has 2 N–H and O–H groups in total. The molecule has 82 valence electrons. The van der Waals surface area contributed by atoms with Gasteiger partial charge in [0.2, 0.25) is 0 Å². The fourth-order valence-corrected chi connectivity index (χ4v) is 1.62. The molecule has 0 saturated carbocycles. The van der Waals surface area contributed by atoms with Gasteiger partial charge >= 0.3 is 5.97 Å². The van der Waals surface area contributed by atoms with E-state index in [4.69, 9.17) is 5.11 Å². The lowest BCUT2D eigenvalue weighted by Crippen LogP contribution is -2.11. The van der Waals surface area contributed by atoms with Crippen LogP contribution in [-0.4, -0.2) is 34.3 Å². The van der Waals surface area contributed by atoms with Gasteiger partial charge in [-0.3, -0.25) is 0 Å². The smallest absolute Gasteiger partial charge is 0.341 e. The van der Waals surface area contributed by atoms with Crippen LogP contribution in [0, 0.1) is 0 Å². The van der Waals surface area contributed by atoms with E-state index in [9.17, 15) is 4.79 Å². The molecule has 0 fully saturated rings. The summed E-state index contributed by atoms with van der Waals surface area (Å²) in [6.45, 7) is 1.87. The number of thioether (sulfide) groups is 1. The molecule has 0 atom stereocenters. The van der Waals surface area contributed by atoms with Crippen molar-refractivity contribution in [1.82, 2.24) is 9.97 Å². The Balaban J connectivity index is 3.39. The third kappa shape index (κ3) is 2.38. The van der Waals surface area contributed by atoms with Crippen molar-refractivity contribution in [2.45, 2.75) is 18.5 Å². The summed E-state index contributed by atoms with van der Waals surface area (Å²) in [6.07, 6.45) is 2.43. The first-order chi connectivity index (χ1) is 7.13. The third-order valence-corrected chi connectivity index (χ3v) is 2.48. The number of carboxylic acid groups (broad SMARTS) is 1. The van der Waals surface area contributed by atoms with Crippen molar-refractivity contribution in [3.63, 3.8) is 0 Å². The highest BCUT2D eigenvalue weighted by molar-refractivity contribution is 7.98. The topological polar surface area (TPSA) is 75.1 Å². The summed E-state index contributed by atoms with van der Waals surface area (Å²) in [4.78, 5) is 19.3. The lowest BCUT2D eigenvalue weighted by Gasteiger charge is -2.09. The average molecular weight is 227 g/mol. The maximum Gasteiger partial charge on any atom is 0.341 e. The molecule has 0 aliphatic rings. The van der Waals surface area contributed by atoms with Gasteiger partial charge in [-0.1, -0.05) is 18.7 Å². The monoisotopic (exact) mass is 227 g/mol. The molecule has 0 unspecified atom stereocenters. The van der Waals surface area contributed by atoms with Crippen LogP contribution in [0.4, 0.5) is 5.82 Å². The highest BCUT2D eigenvalue weighted by Crippen LogP contribution is 2.20.